The monoisotopic (exact) mass is 549 g/mol. The first-order valence-corrected chi connectivity index (χ1v) is 12.8. The van der Waals surface area contributed by atoms with Crippen LogP contribution in [0.5, 0.6) is 11.5 Å². The van der Waals surface area contributed by atoms with Gasteiger partial charge in [-0.05, 0) is 65.9 Å². The molecule has 3 aromatic rings. The smallest absolute Gasteiger partial charge is 0.264 e. The van der Waals surface area contributed by atoms with Crippen molar-refractivity contribution in [2.24, 2.45) is 0 Å². The molecule has 1 N–H and O–H groups in total. The number of carbonyl (C=O) groups excluding carboxylic acids is 2. The number of aryl methyl sites for hydroxylation is 1. The van der Waals surface area contributed by atoms with Crippen LogP contribution in [0.25, 0.3) is 0 Å². The molecule has 0 saturated heterocycles. The normalized spacial score (nSPS) is 18.5. The number of anilines is 1. The fourth-order valence-electron chi connectivity index (χ4n) is 4.79. The molecule has 2 heterocycles. The number of Topliss-reactive ketones (excluding diaryl/α,β-unsaturated/α-hetero) is 1. The van der Waals surface area contributed by atoms with E-state index in [9.17, 15) is 14.7 Å². The largest absolute Gasteiger partial charge is 0.486 e. The van der Waals surface area contributed by atoms with E-state index in [0.29, 0.717) is 54.0 Å². The minimum atomic E-state index is -1.98. The summed E-state index contributed by atoms with van der Waals surface area (Å²) < 4.78 is 11.9. The highest BCUT2D eigenvalue weighted by Gasteiger charge is 2.51. The van der Waals surface area contributed by atoms with Crippen LogP contribution in [-0.4, -0.2) is 30.0 Å². The molecule has 3 aromatic carbocycles. The van der Waals surface area contributed by atoms with Crippen molar-refractivity contribution in [3.05, 3.63) is 86.9 Å². The maximum atomic E-state index is 13.8. The average Bonchev–Trinajstić information content (AvgIpc) is 3.06. The van der Waals surface area contributed by atoms with Crippen LogP contribution in [0.15, 0.2) is 59.1 Å². The van der Waals surface area contributed by atoms with Crippen molar-refractivity contribution in [3.8, 4) is 11.5 Å². The Morgan fingerprint density at radius 3 is 2.56 bits per heavy atom. The maximum Gasteiger partial charge on any atom is 0.264 e. The van der Waals surface area contributed by atoms with Crippen LogP contribution >= 0.6 is 15.9 Å². The van der Waals surface area contributed by atoms with Gasteiger partial charge in [-0.3, -0.25) is 9.59 Å². The second kappa shape index (κ2) is 9.37. The Balaban J connectivity index is 1.49. The molecule has 2 aliphatic rings. The Morgan fingerprint density at radius 2 is 1.81 bits per heavy atom. The molecule has 0 bridgehead atoms. The molecule has 0 unspecified atom stereocenters. The van der Waals surface area contributed by atoms with E-state index in [-0.39, 0.29) is 12.2 Å². The van der Waals surface area contributed by atoms with E-state index in [1.807, 2.05) is 19.1 Å². The Kier molecular flexibility index (Phi) is 6.39. The Bertz CT molecular complexity index is 1370. The van der Waals surface area contributed by atoms with E-state index in [1.54, 1.807) is 29.2 Å². The lowest BCUT2D eigenvalue weighted by atomic mass is 9.88. The summed E-state index contributed by atoms with van der Waals surface area (Å²) in [5.74, 6) is 0.557. The zero-order chi connectivity index (χ0) is 25.6. The van der Waals surface area contributed by atoms with Gasteiger partial charge in [0.05, 0.1) is 18.7 Å². The molecule has 2 aliphatic heterocycles. The van der Waals surface area contributed by atoms with Crippen LogP contribution in [0, 0.1) is 6.92 Å². The second-order valence-corrected chi connectivity index (χ2v) is 10.6. The highest BCUT2D eigenvalue weighted by atomic mass is 79.9. The molecule has 1 amide bonds. The van der Waals surface area contributed by atoms with Crippen molar-refractivity contribution >= 4 is 33.3 Å². The predicted octanol–water partition coefficient (Wildman–Crippen LogP) is 5.66. The molecule has 1 atom stereocenters. The summed E-state index contributed by atoms with van der Waals surface area (Å²) in [7, 11) is 0. The van der Waals surface area contributed by atoms with Gasteiger partial charge in [0.1, 0.15) is 13.2 Å². The Hall–Kier alpha value is -3.16. The molecule has 186 valence electrons. The number of aliphatic hydroxyl groups is 1. The fraction of sp³-hybridized carbons (Fsp3) is 0.310. The number of fused-ring (bicyclic) bond motifs is 2. The third kappa shape index (κ3) is 4.31. The SMILES string of the molecule is Cc1ccc(C(C)C)cc1CN1C(=O)[C@](O)(CC(=O)c2ccc3c(c2)OCCO3)c2cc(Br)ccc21. The summed E-state index contributed by atoms with van der Waals surface area (Å²) in [6.07, 6.45) is -0.379. The fourth-order valence-corrected chi connectivity index (χ4v) is 5.15. The highest BCUT2D eigenvalue weighted by molar-refractivity contribution is 9.10. The lowest BCUT2D eigenvalue weighted by molar-refractivity contribution is -0.136. The molecule has 0 spiro atoms. The van der Waals surface area contributed by atoms with Gasteiger partial charge < -0.3 is 19.5 Å². The maximum absolute atomic E-state index is 13.8. The number of hydrogen-bond donors (Lipinski definition) is 1. The summed E-state index contributed by atoms with van der Waals surface area (Å²) in [5.41, 5.74) is 2.66. The van der Waals surface area contributed by atoms with Gasteiger partial charge in [0, 0.05) is 15.6 Å². The molecule has 7 heteroatoms. The number of nitrogens with zero attached hydrogens (tertiary/aromatic N) is 1. The zero-order valence-corrected chi connectivity index (χ0v) is 22.1. The number of halogens is 1. The molecule has 6 nitrogen and oxygen atoms in total. The topological polar surface area (TPSA) is 76.1 Å². The minimum absolute atomic E-state index is 0.306. The number of carbonyl (C=O) groups is 2. The van der Waals surface area contributed by atoms with Gasteiger partial charge in [-0.25, -0.2) is 0 Å². The van der Waals surface area contributed by atoms with Gasteiger partial charge in [0.15, 0.2) is 22.9 Å². The summed E-state index contributed by atoms with van der Waals surface area (Å²) in [6, 6.07) is 16.6. The molecular formula is C29H28BrNO5. The first kappa shape index (κ1) is 24.5. The van der Waals surface area contributed by atoms with Crippen molar-refractivity contribution in [2.75, 3.05) is 18.1 Å². The van der Waals surface area contributed by atoms with Crippen molar-refractivity contribution in [2.45, 2.75) is 45.3 Å². The standard InChI is InChI=1S/C29H28BrNO5/c1-17(2)19-5-4-18(3)21(12-19)16-31-24-8-7-22(30)14-23(24)29(34,28(31)33)15-25(32)20-6-9-26-27(13-20)36-11-10-35-26/h4-9,12-14,17,34H,10-11,15-16H2,1-3H3/t29-/m0/s1. The molecular weight excluding hydrogens is 522 g/mol. The highest BCUT2D eigenvalue weighted by Crippen LogP contribution is 2.45. The van der Waals surface area contributed by atoms with E-state index in [0.717, 1.165) is 15.6 Å². The van der Waals surface area contributed by atoms with Gasteiger partial charge >= 0.3 is 0 Å². The summed E-state index contributed by atoms with van der Waals surface area (Å²) >= 11 is 3.46. The van der Waals surface area contributed by atoms with E-state index in [4.69, 9.17) is 9.47 Å². The Labute approximate surface area is 219 Å². The van der Waals surface area contributed by atoms with E-state index in [1.165, 1.54) is 5.56 Å². The van der Waals surface area contributed by atoms with Gasteiger partial charge in [0.2, 0.25) is 0 Å². The van der Waals surface area contributed by atoms with E-state index < -0.39 is 11.5 Å². The van der Waals surface area contributed by atoms with Gasteiger partial charge in [-0.2, -0.15) is 0 Å². The molecule has 0 fully saturated rings. The Morgan fingerprint density at radius 1 is 1.06 bits per heavy atom. The average molecular weight is 550 g/mol. The number of ketones is 1. The molecule has 0 aliphatic carbocycles. The van der Waals surface area contributed by atoms with Crippen LogP contribution in [0.1, 0.15) is 58.8 Å². The molecule has 0 radical (unpaired) electrons. The zero-order valence-electron chi connectivity index (χ0n) is 20.5. The number of ether oxygens (including phenoxy) is 2. The van der Waals surface area contributed by atoms with Crippen molar-refractivity contribution in [1.82, 2.24) is 0 Å². The van der Waals surface area contributed by atoms with Gasteiger partial charge in [-0.15, -0.1) is 0 Å². The van der Waals surface area contributed by atoms with Crippen LogP contribution in [0.4, 0.5) is 5.69 Å². The minimum Gasteiger partial charge on any atom is -0.486 e. The predicted molar refractivity (Wildman–Crippen MR) is 141 cm³/mol. The number of hydrogen-bond acceptors (Lipinski definition) is 5. The van der Waals surface area contributed by atoms with Crippen molar-refractivity contribution < 1.29 is 24.2 Å². The van der Waals surface area contributed by atoms with E-state index in [2.05, 4.69) is 48.0 Å². The van der Waals surface area contributed by atoms with Crippen LogP contribution in [0.2, 0.25) is 0 Å². The summed E-state index contributed by atoms with van der Waals surface area (Å²) in [6.45, 7) is 7.44. The second-order valence-electron chi connectivity index (χ2n) is 9.71. The quantitative estimate of drug-likeness (QED) is 0.401. The van der Waals surface area contributed by atoms with Crippen molar-refractivity contribution in [1.29, 1.82) is 0 Å². The van der Waals surface area contributed by atoms with Crippen molar-refractivity contribution in [3.63, 3.8) is 0 Å². The van der Waals surface area contributed by atoms with Gasteiger partial charge in [0.25, 0.3) is 5.91 Å². The third-order valence-electron chi connectivity index (χ3n) is 6.94. The first-order valence-electron chi connectivity index (χ1n) is 12.0. The van der Waals surface area contributed by atoms with Crippen LogP contribution in [0.3, 0.4) is 0 Å². The molecule has 36 heavy (non-hydrogen) atoms. The van der Waals surface area contributed by atoms with Crippen LogP contribution in [-0.2, 0) is 16.9 Å². The van der Waals surface area contributed by atoms with Gasteiger partial charge in [-0.1, -0.05) is 48.0 Å². The van der Waals surface area contributed by atoms with E-state index >= 15 is 0 Å². The number of rotatable bonds is 6. The number of benzene rings is 3. The third-order valence-corrected chi connectivity index (χ3v) is 7.44. The lowest BCUT2D eigenvalue weighted by Crippen LogP contribution is -2.41. The summed E-state index contributed by atoms with van der Waals surface area (Å²) in [4.78, 5) is 28.7. The first-order chi connectivity index (χ1) is 17.2. The molecule has 0 aromatic heterocycles. The lowest BCUT2D eigenvalue weighted by Gasteiger charge is -2.24. The van der Waals surface area contributed by atoms with Crippen LogP contribution < -0.4 is 14.4 Å². The molecule has 0 saturated carbocycles. The molecule has 5 rings (SSSR count). The number of amides is 1. The summed E-state index contributed by atoms with van der Waals surface area (Å²) in [5, 5.41) is 11.8.